The van der Waals surface area contributed by atoms with Crippen LogP contribution in [0.5, 0.6) is 0 Å². The zero-order valence-corrected chi connectivity index (χ0v) is 10.1. The Labute approximate surface area is 99.4 Å². The van der Waals surface area contributed by atoms with E-state index in [4.69, 9.17) is 5.73 Å². The number of rotatable bonds is 5. The molecule has 0 aliphatic heterocycles. The van der Waals surface area contributed by atoms with Crippen LogP contribution >= 0.6 is 0 Å². The summed E-state index contributed by atoms with van der Waals surface area (Å²) in [6.07, 6.45) is 4.29. The Hall–Kier alpha value is -1.76. The quantitative estimate of drug-likeness (QED) is 0.774. The van der Waals surface area contributed by atoms with Gasteiger partial charge in [-0.1, -0.05) is 13.8 Å². The van der Waals surface area contributed by atoms with Crippen LogP contribution in [0.25, 0.3) is 5.65 Å². The molecule has 0 fully saturated rings. The number of hydrogen-bond acceptors (Lipinski definition) is 6. The Morgan fingerprint density at radius 3 is 3.00 bits per heavy atom. The van der Waals surface area contributed by atoms with Gasteiger partial charge < -0.3 is 11.1 Å². The fourth-order valence-electron chi connectivity index (χ4n) is 1.60. The van der Waals surface area contributed by atoms with Crippen LogP contribution in [-0.2, 0) is 0 Å². The molecule has 0 aliphatic rings. The number of anilines is 1. The zero-order chi connectivity index (χ0) is 12.3. The number of nitrogens with zero attached hydrogens (tertiary/aromatic N) is 5. The van der Waals surface area contributed by atoms with Crippen LogP contribution < -0.4 is 11.1 Å². The second-order valence-electron chi connectivity index (χ2n) is 4.80. The number of nitrogens with one attached hydrogen (secondary N) is 1. The van der Waals surface area contributed by atoms with Crippen molar-refractivity contribution in [3.8, 4) is 0 Å². The second kappa shape index (κ2) is 4.62. The standard InChI is InChI=1S/C10H17N7/c1-10(2,3-4-11)7-13-8-5-12-6-9-14-15-16-17(8)9/h5-6,13H,3-4,7,11H2,1-2H3. The summed E-state index contributed by atoms with van der Waals surface area (Å²) in [7, 11) is 0. The van der Waals surface area contributed by atoms with Crippen molar-refractivity contribution < 1.29 is 0 Å². The van der Waals surface area contributed by atoms with Crippen LogP contribution in [0.4, 0.5) is 5.82 Å². The number of tetrazole rings is 1. The summed E-state index contributed by atoms with van der Waals surface area (Å²) in [5.74, 6) is 0.789. The molecule has 0 bridgehead atoms. The summed E-state index contributed by atoms with van der Waals surface area (Å²) < 4.78 is 1.63. The molecule has 0 saturated carbocycles. The van der Waals surface area contributed by atoms with Crippen molar-refractivity contribution in [3.63, 3.8) is 0 Å². The lowest BCUT2D eigenvalue weighted by atomic mass is 9.89. The van der Waals surface area contributed by atoms with Crippen molar-refractivity contribution in [2.45, 2.75) is 20.3 Å². The fourth-order valence-corrected chi connectivity index (χ4v) is 1.60. The summed E-state index contributed by atoms with van der Waals surface area (Å²) in [6, 6.07) is 0. The van der Waals surface area contributed by atoms with E-state index < -0.39 is 0 Å². The van der Waals surface area contributed by atoms with Gasteiger partial charge in [0.2, 0.25) is 0 Å². The third-order valence-electron chi connectivity index (χ3n) is 2.68. The molecule has 3 N–H and O–H groups in total. The highest BCUT2D eigenvalue weighted by molar-refractivity contribution is 5.43. The first-order chi connectivity index (χ1) is 8.12. The lowest BCUT2D eigenvalue weighted by Gasteiger charge is -2.24. The molecular formula is C10H17N7. The molecule has 2 aromatic heterocycles. The minimum atomic E-state index is 0.130. The van der Waals surface area contributed by atoms with E-state index in [0.29, 0.717) is 12.2 Å². The van der Waals surface area contributed by atoms with E-state index in [-0.39, 0.29) is 5.41 Å². The maximum absolute atomic E-state index is 5.58. The molecule has 0 saturated heterocycles. The summed E-state index contributed by atoms with van der Waals surface area (Å²) in [4.78, 5) is 4.08. The molecular weight excluding hydrogens is 218 g/mol. The van der Waals surface area contributed by atoms with Crippen LogP contribution in [0, 0.1) is 5.41 Å². The molecule has 2 rings (SSSR count). The first-order valence-corrected chi connectivity index (χ1v) is 5.58. The van der Waals surface area contributed by atoms with Crippen molar-refractivity contribution in [3.05, 3.63) is 12.4 Å². The topological polar surface area (TPSA) is 94.0 Å². The van der Waals surface area contributed by atoms with Gasteiger partial charge in [-0.2, -0.15) is 4.52 Å². The molecule has 7 nitrogen and oxygen atoms in total. The van der Waals surface area contributed by atoms with Crippen molar-refractivity contribution in [2.75, 3.05) is 18.4 Å². The molecule has 0 radical (unpaired) electrons. The highest BCUT2D eigenvalue weighted by Gasteiger charge is 2.17. The van der Waals surface area contributed by atoms with E-state index in [9.17, 15) is 0 Å². The molecule has 7 heteroatoms. The smallest absolute Gasteiger partial charge is 0.199 e. The second-order valence-corrected chi connectivity index (χ2v) is 4.80. The highest BCUT2D eigenvalue weighted by atomic mass is 15.5. The van der Waals surface area contributed by atoms with Gasteiger partial charge in [0.1, 0.15) is 5.82 Å². The van der Waals surface area contributed by atoms with Crippen LogP contribution in [0.3, 0.4) is 0 Å². The van der Waals surface area contributed by atoms with Gasteiger partial charge in [0.25, 0.3) is 0 Å². The van der Waals surface area contributed by atoms with E-state index in [2.05, 4.69) is 39.7 Å². The van der Waals surface area contributed by atoms with Crippen LogP contribution in [-0.4, -0.2) is 38.1 Å². The minimum absolute atomic E-state index is 0.130. The number of aromatic nitrogens is 5. The summed E-state index contributed by atoms with van der Waals surface area (Å²) in [6.45, 7) is 5.81. The lowest BCUT2D eigenvalue weighted by Crippen LogP contribution is -2.26. The predicted molar refractivity (Wildman–Crippen MR) is 64.5 cm³/mol. The molecule has 17 heavy (non-hydrogen) atoms. The average Bonchev–Trinajstić information content (AvgIpc) is 2.74. The first kappa shape index (κ1) is 11.7. The average molecular weight is 235 g/mol. The molecule has 2 heterocycles. The molecule has 0 amide bonds. The van der Waals surface area contributed by atoms with Gasteiger partial charge in [-0.15, -0.1) is 5.10 Å². The molecule has 0 spiro atoms. The highest BCUT2D eigenvalue weighted by Crippen LogP contribution is 2.20. The molecule has 0 aliphatic carbocycles. The van der Waals surface area contributed by atoms with E-state index >= 15 is 0 Å². The largest absolute Gasteiger partial charge is 0.368 e. The number of fused-ring (bicyclic) bond motifs is 1. The van der Waals surface area contributed by atoms with Gasteiger partial charge in [-0.25, -0.2) is 0 Å². The normalized spacial score (nSPS) is 11.9. The Balaban J connectivity index is 2.11. The zero-order valence-electron chi connectivity index (χ0n) is 10.1. The van der Waals surface area contributed by atoms with Crippen molar-refractivity contribution in [1.82, 2.24) is 25.0 Å². The molecule has 2 aromatic rings. The monoisotopic (exact) mass is 235 g/mol. The van der Waals surface area contributed by atoms with Gasteiger partial charge in [-0.05, 0) is 28.8 Å². The molecule has 92 valence electrons. The maximum atomic E-state index is 5.58. The summed E-state index contributed by atoms with van der Waals surface area (Å²) in [5, 5.41) is 14.6. The van der Waals surface area contributed by atoms with Gasteiger partial charge in [0.15, 0.2) is 5.65 Å². The number of hydrogen-bond donors (Lipinski definition) is 2. The fraction of sp³-hybridized carbons (Fsp3) is 0.600. The van der Waals surface area contributed by atoms with Gasteiger partial charge >= 0.3 is 0 Å². The Kier molecular flexibility index (Phi) is 3.19. The third kappa shape index (κ3) is 2.68. The van der Waals surface area contributed by atoms with Crippen LogP contribution in [0.2, 0.25) is 0 Å². The predicted octanol–water partition coefficient (Wildman–Crippen LogP) is 0.306. The third-order valence-corrected chi connectivity index (χ3v) is 2.68. The van der Waals surface area contributed by atoms with Gasteiger partial charge in [0.05, 0.1) is 12.4 Å². The maximum Gasteiger partial charge on any atom is 0.199 e. The lowest BCUT2D eigenvalue weighted by molar-refractivity contribution is 0.364. The van der Waals surface area contributed by atoms with Crippen LogP contribution in [0.1, 0.15) is 20.3 Å². The van der Waals surface area contributed by atoms with Crippen molar-refractivity contribution in [2.24, 2.45) is 11.1 Å². The Bertz CT molecular complexity index is 490. The minimum Gasteiger partial charge on any atom is -0.368 e. The Morgan fingerprint density at radius 2 is 2.24 bits per heavy atom. The SMILES string of the molecule is CC(C)(CCN)CNc1cncc2nnnn12. The number of nitrogens with two attached hydrogens (primary N) is 1. The molecule has 0 aromatic carbocycles. The Morgan fingerprint density at radius 1 is 1.41 bits per heavy atom. The van der Waals surface area contributed by atoms with E-state index in [1.54, 1.807) is 16.9 Å². The molecule has 0 unspecified atom stereocenters. The van der Waals surface area contributed by atoms with Crippen LogP contribution in [0.15, 0.2) is 12.4 Å². The van der Waals surface area contributed by atoms with E-state index in [0.717, 1.165) is 18.8 Å². The van der Waals surface area contributed by atoms with Crippen molar-refractivity contribution >= 4 is 11.5 Å². The van der Waals surface area contributed by atoms with Gasteiger partial charge in [0, 0.05) is 6.54 Å². The first-order valence-electron chi connectivity index (χ1n) is 5.58. The van der Waals surface area contributed by atoms with E-state index in [1.165, 1.54) is 0 Å². The molecule has 0 atom stereocenters. The van der Waals surface area contributed by atoms with E-state index in [1.807, 2.05) is 0 Å². The summed E-state index contributed by atoms with van der Waals surface area (Å²) in [5.41, 5.74) is 6.34. The summed E-state index contributed by atoms with van der Waals surface area (Å²) >= 11 is 0. The van der Waals surface area contributed by atoms with Crippen molar-refractivity contribution in [1.29, 1.82) is 0 Å². The van der Waals surface area contributed by atoms with Gasteiger partial charge in [-0.3, -0.25) is 4.98 Å².